The Morgan fingerprint density at radius 1 is 1.32 bits per heavy atom. The van der Waals surface area contributed by atoms with E-state index in [4.69, 9.17) is 4.74 Å². The van der Waals surface area contributed by atoms with Crippen molar-refractivity contribution in [3.63, 3.8) is 0 Å². The Labute approximate surface area is 159 Å². The fourth-order valence-electron chi connectivity index (χ4n) is 3.37. The van der Waals surface area contributed by atoms with Gasteiger partial charge in [0.05, 0.1) is 18.5 Å². The number of hydrogen-bond acceptors (Lipinski definition) is 5. The highest BCUT2D eigenvalue weighted by molar-refractivity contribution is 5.93. The zero-order valence-corrected chi connectivity index (χ0v) is 15.3. The van der Waals surface area contributed by atoms with Crippen LogP contribution in [0.15, 0.2) is 30.7 Å². The summed E-state index contributed by atoms with van der Waals surface area (Å²) in [5.41, 5.74) is 2.89. The summed E-state index contributed by atoms with van der Waals surface area (Å²) in [6.07, 6.45) is 4.11. The molecule has 0 unspecified atom stereocenters. The van der Waals surface area contributed by atoms with Crippen molar-refractivity contribution in [2.24, 2.45) is 0 Å². The van der Waals surface area contributed by atoms with Crippen LogP contribution in [0.5, 0.6) is 0 Å². The lowest BCUT2D eigenvalue weighted by Crippen LogP contribution is -2.49. The van der Waals surface area contributed by atoms with Gasteiger partial charge < -0.3 is 19.5 Å². The summed E-state index contributed by atoms with van der Waals surface area (Å²) in [6, 6.07) is 3.81. The lowest BCUT2D eigenvalue weighted by molar-refractivity contribution is 0.0566. The number of pyridine rings is 1. The van der Waals surface area contributed by atoms with E-state index in [0.29, 0.717) is 54.4 Å². The number of aromatic nitrogens is 4. The summed E-state index contributed by atoms with van der Waals surface area (Å²) in [7, 11) is 0. The van der Waals surface area contributed by atoms with Crippen LogP contribution in [0, 0.1) is 0 Å². The number of alkyl halides is 2. The summed E-state index contributed by atoms with van der Waals surface area (Å²) in [5.74, 6) is 0. The molecule has 10 heteroatoms. The second-order valence-electron chi connectivity index (χ2n) is 6.44. The van der Waals surface area contributed by atoms with Crippen LogP contribution in [0.4, 0.5) is 19.3 Å². The summed E-state index contributed by atoms with van der Waals surface area (Å²) in [5, 5.41) is 4.58. The van der Waals surface area contributed by atoms with Crippen LogP contribution in [0.2, 0.25) is 0 Å². The molecule has 0 saturated carbocycles. The zero-order valence-electron chi connectivity index (χ0n) is 15.3. The molecule has 1 N–H and O–H groups in total. The second-order valence-corrected chi connectivity index (χ2v) is 6.44. The maximum absolute atomic E-state index is 12.8. The van der Waals surface area contributed by atoms with Crippen LogP contribution in [0.1, 0.15) is 13.5 Å². The second kappa shape index (κ2) is 7.45. The van der Waals surface area contributed by atoms with Crippen molar-refractivity contribution in [2.75, 3.05) is 37.7 Å². The van der Waals surface area contributed by atoms with Crippen molar-refractivity contribution in [2.45, 2.75) is 13.5 Å². The van der Waals surface area contributed by atoms with Crippen LogP contribution in [-0.2, 0) is 4.74 Å². The number of carbonyl (C=O) groups is 1. The molecule has 3 aromatic rings. The number of amides is 1. The van der Waals surface area contributed by atoms with Crippen molar-refractivity contribution in [3.05, 3.63) is 30.7 Å². The van der Waals surface area contributed by atoms with E-state index in [2.05, 4.69) is 20.0 Å². The van der Waals surface area contributed by atoms with E-state index >= 15 is 0 Å². The molecule has 4 heterocycles. The van der Waals surface area contributed by atoms with E-state index < -0.39 is 6.55 Å². The maximum atomic E-state index is 12.8. The van der Waals surface area contributed by atoms with Crippen LogP contribution in [0.25, 0.3) is 22.3 Å². The molecule has 1 fully saturated rings. The Morgan fingerprint density at radius 2 is 2.11 bits per heavy atom. The molecule has 1 saturated heterocycles. The number of aromatic amines is 1. The van der Waals surface area contributed by atoms with Crippen LogP contribution < -0.4 is 4.90 Å². The Morgan fingerprint density at radius 3 is 2.79 bits per heavy atom. The number of carbonyl (C=O) groups excluding carboxylic acids is 1. The average Bonchev–Trinajstić information content (AvgIpc) is 3.35. The third-order valence-corrected chi connectivity index (χ3v) is 4.77. The first-order valence-electron chi connectivity index (χ1n) is 9.04. The normalized spacial score (nSPS) is 14.9. The number of piperazine rings is 1. The van der Waals surface area contributed by atoms with Gasteiger partial charge in [-0.15, -0.1) is 0 Å². The largest absolute Gasteiger partial charge is 0.450 e. The molecule has 0 radical (unpaired) electrons. The van der Waals surface area contributed by atoms with Gasteiger partial charge in [-0.25, -0.2) is 14.5 Å². The molecule has 0 spiro atoms. The Balaban J connectivity index is 1.57. The molecule has 0 aliphatic carbocycles. The van der Waals surface area contributed by atoms with Crippen molar-refractivity contribution < 1.29 is 18.3 Å². The summed E-state index contributed by atoms with van der Waals surface area (Å²) >= 11 is 0. The molecule has 8 nitrogen and oxygen atoms in total. The molecule has 28 heavy (non-hydrogen) atoms. The van der Waals surface area contributed by atoms with Crippen molar-refractivity contribution in [1.29, 1.82) is 0 Å². The van der Waals surface area contributed by atoms with Gasteiger partial charge in [-0.1, -0.05) is 0 Å². The SMILES string of the molecule is CCOC(=O)N1CCN(c2ccnc3[nH]c(-c4cnn(C(F)F)c4)cc23)CC1. The predicted octanol–water partition coefficient (Wildman–Crippen LogP) is 3.10. The zero-order chi connectivity index (χ0) is 19.7. The van der Waals surface area contributed by atoms with Gasteiger partial charge in [-0.2, -0.15) is 13.9 Å². The van der Waals surface area contributed by atoms with Gasteiger partial charge in [0.1, 0.15) is 5.65 Å². The number of rotatable bonds is 4. The highest BCUT2D eigenvalue weighted by Crippen LogP contribution is 2.31. The van der Waals surface area contributed by atoms with Crippen molar-refractivity contribution in [1.82, 2.24) is 24.6 Å². The number of hydrogen-bond donors (Lipinski definition) is 1. The number of halogens is 2. The minimum atomic E-state index is -2.68. The Hall–Kier alpha value is -3.17. The molecule has 1 aliphatic heterocycles. The molecule has 148 valence electrons. The van der Waals surface area contributed by atoms with Gasteiger partial charge in [0.25, 0.3) is 0 Å². The molecular formula is C18H20F2N6O2. The highest BCUT2D eigenvalue weighted by atomic mass is 19.3. The number of fused-ring (bicyclic) bond motifs is 1. The Bertz CT molecular complexity index is 978. The molecule has 4 rings (SSSR count). The third-order valence-electron chi connectivity index (χ3n) is 4.77. The van der Waals surface area contributed by atoms with E-state index in [-0.39, 0.29) is 6.09 Å². The number of anilines is 1. The van der Waals surface area contributed by atoms with Crippen molar-refractivity contribution in [3.8, 4) is 11.3 Å². The first kappa shape index (κ1) is 18.2. The molecule has 0 aromatic carbocycles. The van der Waals surface area contributed by atoms with E-state index in [1.807, 2.05) is 12.1 Å². The minimum Gasteiger partial charge on any atom is -0.450 e. The lowest BCUT2D eigenvalue weighted by atomic mass is 10.2. The summed E-state index contributed by atoms with van der Waals surface area (Å²) in [6.45, 7) is 1.95. The number of nitrogens with zero attached hydrogens (tertiary/aromatic N) is 5. The maximum Gasteiger partial charge on any atom is 0.409 e. The van der Waals surface area contributed by atoms with Gasteiger partial charge in [0, 0.05) is 55.2 Å². The first-order chi connectivity index (χ1) is 13.6. The third kappa shape index (κ3) is 3.37. The van der Waals surface area contributed by atoms with Gasteiger partial charge in [-0.3, -0.25) is 0 Å². The summed E-state index contributed by atoms with van der Waals surface area (Å²) in [4.78, 5) is 23.3. The predicted molar refractivity (Wildman–Crippen MR) is 99.4 cm³/mol. The van der Waals surface area contributed by atoms with E-state index in [9.17, 15) is 13.6 Å². The molecule has 0 bridgehead atoms. The molecule has 1 aliphatic rings. The monoisotopic (exact) mass is 390 g/mol. The fraction of sp³-hybridized carbons (Fsp3) is 0.389. The highest BCUT2D eigenvalue weighted by Gasteiger charge is 2.23. The van der Waals surface area contributed by atoms with Crippen molar-refractivity contribution >= 4 is 22.8 Å². The standard InChI is InChI=1S/C18H20F2N6O2/c1-2-28-18(27)25-7-5-24(6-8-25)15-3-4-21-16-13(15)9-14(23-16)12-10-22-26(11-12)17(19)20/h3-4,9-11,17H,2,5-8H2,1H3,(H,21,23). The van der Waals surface area contributed by atoms with Gasteiger partial charge in [0.2, 0.25) is 0 Å². The number of ether oxygens (including phenoxy) is 1. The molecule has 1 amide bonds. The molecular weight excluding hydrogens is 370 g/mol. The van der Waals surface area contributed by atoms with E-state index in [0.717, 1.165) is 11.1 Å². The molecule has 3 aromatic heterocycles. The van der Waals surface area contributed by atoms with Gasteiger partial charge in [0.15, 0.2) is 0 Å². The average molecular weight is 390 g/mol. The topological polar surface area (TPSA) is 79.3 Å². The number of nitrogens with one attached hydrogen (secondary N) is 1. The van der Waals surface area contributed by atoms with Crippen LogP contribution in [0.3, 0.4) is 0 Å². The fourth-order valence-corrected chi connectivity index (χ4v) is 3.37. The van der Waals surface area contributed by atoms with Crippen LogP contribution >= 0.6 is 0 Å². The summed E-state index contributed by atoms with van der Waals surface area (Å²) < 4.78 is 31.2. The first-order valence-corrected chi connectivity index (χ1v) is 9.04. The smallest absolute Gasteiger partial charge is 0.409 e. The van der Waals surface area contributed by atoms with Crippen LogP contribution in [-0.4, -0.2) is 63.5 Å². The van der Waals surface area contributed by atoms with E-state index in [1.54, 1.807) is 18.0 Å². The lowest BCUT2D eigenvalue weighted by Gasteiger charge is -2.35. The van der Waals surface area contributed by atoms with Gasteiger partial charge in [-0.05, 0) is 19.1 Å². The Kier molecular flexibility index (Phi) is 4.84. The van der Waals surface area contributed by atoms with Gasteiger partial charge >= 0.3 is 12.6 Å². The quantitative estimate of drug-likeness (QED) is 0.741. The minimum absolute atomic E-state index is 0.290. The number of H-pyrrole nitrogens is 1. The van der Waals surface area contributed by atoms with E-state index in [1.165, 1.54) is 12.4 Å². The molecule has 0 atom stereocenters.